The summed E-state index contributed by atoms with van der Waals surface area (Å²) in [6, 6.07) is 11.4. The highest BCUT2D eigenvalue weighted by Gasteiger charge is 2.42. The molecule has 2 aromatic carbocycles. The molecule has 198 valence electrons. The molecule has 1 amide bonds. The van der Waals surface area contributed by atoms with Crippen LogP contribution in [0.3, 0.4) is 0 Å². The van der Waals surface area contributed by atoms with E-state index in [0.29, 0.717) is 36.7 Å². The minimum atomic E-state index is -0.329. The van der Waals surface area contributed by atoms with Crippen LogP contribution in [0.5, 0.6) is 11.5 Å². The lowest BCUT2D eigenvalue weighted by molar-refractivity contribution is 0.0601. The van der Waals surface area contributed by atoms with Crippen molar-refractivity contribution < 1.29 is 19.4 Å². The zero-order chi connectivity index (χ0) is 26.5. The number of benzene rings is 2. The Morgan fingerprint density at radius 1 is 1.08 bits per heavy atom. The molecular formula is C30H39N3O4. The van der Waals surface area contributed by atoms with Gasteiger partial charge in [-0.2, -0.15) is 5.10 Å². The van der Waals surface area contributed by atoms with Gasteiger partial charge in [-0.05, 0) is 75.4 Å². The number of aryl methyl sites for hydroxylation is 2. The van der Waals surface area contributed by atoms with Crippen molar-refractivity contribution in [2.75, 3.05) is 19.8 Å². The van der Waals surface area contributed by atoms with Crippen molar-refractivity contribution in [2.24, 2.45) is 0 Å². The van der Waals surface area contributed by atoms with E-state index >= 15 is 0 Å². The van der Waals surface area contributed by atoms with E-state index in [0.717, 1.165) is 53.7 Å². The molecule has 0 radical (unpaired) electrons. The van der Waals surface area contributed by atoms with Crippen LogP contribution in [0.4, 0.5) is 0 Å². The monoisotopic (exact) mass is 505 g/mol. The average Bonchev–Trinajstić information content (AvgIpc) is 3.38. The van der Waals surface area contributed by atoms with Crippen LogP contribution in [0.15, 0.2) is 36.4 Å². The second-order valence-corrected chi connectivity index (χ2v) is 10.1. The third-order valence-electron chi connectivity index (χ3n) is 6.77. The molecule has 3 aromatic rings. The number of phenolic OH excluding ortho intramolecular Hbond substituents is 1. The first-order valence-electron chi connectivity index (χ1n) is 13.4. The predicted octanol–water partition coefficient (Wildman–Crippen LogP) is 6.33. The van der Waals surface area contributed by atoms with Gasteiger partial charge in [0.2, 0.25) is 0 Å². The van der Waals surface area contributed by atoms with Gasteiger partial charge in [-0.25, -0.2) is 0 Å². The normalized spacial score (nSPS) is 15.0. The number of aromatic amines is 1. The minimum Gasteiger partial charge on any atom is -0.507 e. The number of phenols is 1. The van der Waals surface area contributed by atoms with E-state index in [2.05, 4.69) is 17.1 Å². The van der Waals surface area contributed by atoms with E-state index in [1.165, 1.54) is 0 Å². The van der Waals surface area contributed by atoms with Crippen LogP contribution in [-0.2, 0) is 4.74 Å². The molecule has 0 bridgehead atoms. The lowest BCUT2D eigenvalue weighted by Gasteiger charge is -2.27. The van der Waals surface area contributed by atoms with Gasteiger partial charge in [0.25, 0.3) is 5.91 Å². The Balaban J connectivity index is 1.69. The van der Waals surface area contributed by atoms with Crippen LogP contribution in [-0.4, -0.2) is 52.0 Å². The highest BCUT2D eigenvalue weighted by atomic mass is 16.5. The van der Waals surface area contributed by atoms with Gasteiger partial charge in [-0.3, -0.25) is 9.89 Å². The smallest absolute Gasteiger partial charge is 0.273 e. The molecule has 2 heterocycles. The number of carbonyl (C=O) groups excluding carboxylic acids is 1. The van der Waals surface area contributed by atoms with Crippen molar-refractivity contribution in [3.05, 3.63) is 64.3 Å². The summed E-state index contributed by atoms with van der Waals surface area (Å²) in [5.41, 5.74) is 5.41. The van der Waals surface area contributed by atoms with Crippen molar-refractivity contribution in [1.82, 2.24) is 15.1 Å². The number of H-pyrrole nitrogens is 1. The first-order valence-corrected chi connectivity index (χ1v) is 13.4. The molecule has 0 saturated carbocycles. The third kappa shape index (κ3) is 5.82. The van der Waals surface area contributed by atoms with E-state index in [9.17, 15) is 9.90 Å². The molecule has 7 nitrogen and oxygen atoms in total. The summed E-state index contributed by atoms with van der Waals surface area (Å²) in [4.78, 5) is 15.5. The Labute approximate surface area is 219 Å². The number of nitrogens with zero attached hydrogens (tertiary/aromatic N) is 2. The van der Waals surface area contributed by atoms with Gasteiger partial charge >= 0.3 is 0 Å². The summed E-state index contributed by atoms with van der Waals surface area (Å²) < 4.78 is 11.7. The average molecular weight is 506 g/mol. The predicted molar refractivity (Wildman–Crippen MR) is 145 cm³/mol. The number of nitrogens with one attached hydrogen (secondary N) is 1. The van der Waals surface area contributed by atoms with Crippen molar-refractivity contribution >= 4 is 5.91 Å². The molecule has 37 heavy (non-hydrogen) atoms. The summed E-state index contributed by atoms with van der Waals surface area (Å²) in [6.45, 7) is 11.9. The minimum absolute atomic E-state index is 0.0903. The van der Waals surface area contributed by atoms with Gasteiger partial charge < -0.3 is 19.5 Å². The zero-order valence-electron chi connectivity index (χ0n) is 22.6. The maximum absolute atomic E-state index is 13.6. The molecule has 0 fully saturated rings. The second kappa shape index (κ2) is 11.8. The molecule has 7 heteroatoms. The van der Waals surface area contributed by atoms with Crippen molar-refractivity contribution in [1.29, 1.82) is 0 Å². The molecule has 0 saturated heterocycles. The number of hydrogen-bond donors (Lipinski definition) is 2. The standard InChI is InChI=1S/C30H39N3O4/c1-6-7-8-15-37-23-12-10-22(11-13-23)29-26-27(25-21(5)17-20(4)18-24(25)34)31-32-28(26)30(35)33(29)14-9-16-36-19(2)3/h10-13,17-19,29,34H,6-9,14-16H2,1-5H3,(H,31,32). The Bertz CT molecular complexity index is 1190. The number of carbonyl (C=O) groups is 1. The van der Waals surface area contributed by atoms with Crippen LogP contribution in [0.2, 0.25) is 0 Å². The lowest BCUT2D eigenvalue weighted by Crippen LogP contribution is -2.31. The van der Waals surface area contributed by atoms with Crippen LogP contribution in [0.1, 0.15) is 85.2 Å². The summed E-state index contributed by atoms with van der Waals surface area (Å²) >= 11 is 0. The van der Waals surface area contributed by atoms with E-state index in [4.69, 9.17) is 9.47 Å². The Hall–Kier alpha value is -3.32. The van der Waals surface area contributed by atoms with Gasteiger partial charge in [0.15, 0.2) is 0 Å². The molecule has 2 N–H and O–H groups in total. The summed E-state index contributed by atoms with van der Waals surface area (Å²) in [6.07, 6.45) is 4.20. The maximum Gasteiger partial charge on any atom is 0.273 e. The van der Waals surface area contributed by atoms with Gasteiger partial charge in [0.1, 0.15) is 22.9 Å². The summed E-state index contributed by atoms with van der Waals surface area (Å²) in [5.74, 6) is 0.894. The van der Waals surface area contributed by atoms with Crippen molar-refractivity contribution in [3.8, 4) is 22.8 Å². The van der Waals surface area contributed by atoms with Gasteiger partial charge in [-0.15, -0.1) is 0 Å². The SMILES string of the molecule is CCCCCOc1ccc(C2c3c(-c4c(C)cc(C)cc4O)n[nH]c3C(=O)N2CCCOC(C)C)cc1. The van der Waals surface area contributed by atoms with Crippen LogP contribution in [0.25, 0.3) is 11.3 Å². The number of unbranched alkanes of at least 4 members (excludes halogenated alkanes) is 2. The Morgan fingerprint density at radius 3 is 2.51 bits per heavy atom. The number of rotatable bonds is 12. The molecule has 1 unspecified atom stereocenters. The third-order valence-corrected chi connectivity index (χ3v) is 6.77. The van der Waals surface area contributed by atoms with E-state index in [1.807, 2.05) is 62.9 Å². The molecule has 1 aromatic heterocycles. The van der Waals surface area contributed by atoms with E-state index < -0.39 is 0 Å². The zero-order valence-corrected chi connectivity index (χ0v) is 22.6. The number of ether oxygens (including phenoxy) is 2. The number of hydrogen-bond acceptors (Lipinski definition) is 5. The highest BCUT2D eigenvalue weighted by molar-refractivity contribution is 6.00. The largest absolute Gasteiger partial charge is 0.507 e. The molecule has 1 atom stereocenters. The summed E-state index contributed by atoms with van der Waals surface area (Å²) in [5, 5.41) is 18.4. The topological polar surface area (TPSA) is 87.7 Å². The molecule has 4 rings (SSSR count). The van der Waals surface area contributed by atoms with Crippen LogP contribution in [0, 0.1) is 13.8 Å². The van der Waals surface area contributed by atoms with Gasteiger partial charge in [-0.1, -0.05) is 38.0 Å². The number of aromatic nitrogens is 2. The van der Waals surface area contributed by atoms with Gasteiger partial charge in [0, 0.05) is 24.3 Å². The quantitative estimate of drug-likeness (QED) is 0.281. The molecule has 0 spiro atoms. The van der Waals surface area contributed by atoms with Crippen molar-refractivity contribution in [2.45, 2.75) is 72.4 Å². The molecule has 1 aliphatic heterocycles. The number of aromatic hydroxyl groups is 1. The highest BCUT2D eigenvalue weighted by Crippen LogP contribution is 2.45. The fourth-order valence-electron chi connectivity index (χ4n) is 5.06. The Morgan fingerprint density at radius 2 is 1.84 bits per heavy atom. The Kier molecular flexibility index (Phi) is 8.54. The first-order chi connectivity index (χ1) is 17.8. The fourth-order valence-corrected chi connectivity index (χ4v) is 5.06. The molecule has 0 aliphatic carbocycles. The van der Waals surface area contributed by atoms with Gasteiger partial charge in [0.05, 0.1) is 18.8 Å². The first kappa shape index (κ1) is 26.7. The van der Waals surface area contributed by atoms with E-state index in [1.54, 1.807) is 6.07 Å². The van der Waals surface area contributed by atoms with E-state index in [-0.39, 0.29) is 23.8 Å². The van der Waals surface area contributed by atoms with Crippen LogP contribution >= 0.6 is 0 Å². The molecule has 1 aliphatic rings. The fraction of sp³-hybridized carbons (Fsp3) is 0.467. The van der Waals surface area contributed by atoms with Crippen LogP contribution < -0.4 is 4.74 Å². The second-order valence-electron chi connectivity index (χ2n) is 10.1. The number of fused-ring (bicyclic) bond motifs is 1. The lowest BCUT2D eigenvalue weighted by atomic mass is 9.93. The van der Waals surface area contributed by atoms with Crippen molar-refractivity contribution in [3.63, 3.8) is 0 Å². The summed E-state index contributed by atoms with van der Waals surface area (Å²) in [7, 11) is 0. The number of amides is 1. The maximum atomic E-state index is 13.6. The molecular weight excluding hydrogens is 466 g/mol.